The number of nitrogens with zero attached hydrogens (tertiary/aromatic N) is 1. The van der Waals surface area contributed by atoms with Gasteiger partial charge in [-0.3, -0.25) is 0 Å². The molecule has 0 aliphatic rings. The zero-order valence-electron chi connectivity index (χ0n) is 11.0. The van der Waals surface area contributed by atoms with Crippen LogP contribution in [0.2, 0.25) is 0 Å². The van der Waals surface area contributed by atoms with E-state index in [4.69, 9.17) is 10.00 Å². The van der Waals surface area contributed by atoms with Gasteiger partial charge in [0.25, 0.3) is 0 Å². The van der Waals surface area contributed by atoms with Crippen LogP contribution in [0.4, 0.5) is 0 Å². The van der Waals surface area contributed by atoms with E-state index >= 15 is 0 Å². The van der Waals surface area contributed by atoms with E-state index in [0.717, 1.165) is 15.6 Å². The SMILES string of the molecule is CC(O)c1cc(Br)ccc1OCc1cccc(C#N)c1. The van der Waals surface area contributed by atoms with Crippen molar-refractivity contribution in [1.29, 1.82) is 5.26 Å². The minimum atomic E-state index is -0.604. The van der Waals surface area contributed by atoms with Crippen molar-refractivity contribution in [1.82, 2.24) is 0 Å². The van der Waals surface area contributed by atoms with Crippen molar-refractivity contribution >= 4 is 15.9 Å². The number of aliphatic hydroxyl groups excluding tert-OH is 1. The molecular formula is C16H14BrNO2. The molecule has 0 aliphatic heterocycles. The van der Waals surface area contributed by atoms with Crippen LogP contribution in [-0.4, -0.2) is 5.11 Å². The van der Waals surface area contributed by atoms with E-state index in [2.05, 4.69) is 22.0 Å². The third-order valence-corrected chi connectivity index (χ3v) is 3.37. The van der Waals surface area contributed by atoms with Crippen molar-refractivity contribution in [2.75, 3.05) is 0 Å². The molecule has 4 heteroatoms. The van der Waals surface area contributed by atoms with Crippen LogP contribution in [0, 0.1) is 11.3 Å². The third kappa shape index (κ3) is 3.60. The van der Waals surface area contributed by atoms with E-state index in [1.807, 2.05) is 30.3 Å². The van der Waals surface area contributed by atoms with Gasteiger partial charge in [-0.2, -0.15) is 5.26 Å². The van der Waals surface area contributed by atoms with Crippen LogP contribution in [-0.2, 0) is 6.61 Å². The molecule has 2 aromatic carbocycles. The highest BCUT2D eigenvalue weighted by atomic mass is 79.9. The number of halogens is 1. The van der Waals surface area contributed by atoms with Crippen molar-refractivity contribution in [3.63, 3.8) is 0 Å². The van der Waals surface area contributed by atoms with Crippen molar-refractivity contribution in [2.24, 2.45) is 0 Å². The Morgan fingerprint density at radius 2 is 2.10 bits per heavy atom. The first-order chi connectivity index (χ1) is 9.60. The van der Waals surface area contributed by atoms with Gasteiger partial charge in [-0.1, -0.05) is 28.1 Å². The second kappa shape index (κ2) is 6.56. The molecular weight excluding hydrogens is 318 g/mol. The lowest BCUT2D eigenvalue weighted by atomic mass is 10.1. The highest BCUT2D eigenvalue weighted by Crippen LogP contribution is 2.29. The molecule has 0 radical (unpaired) electrons. The van der Waals surface area contributed by atoms with Crippen LogP contribution in [0.3, 0.4) is 0 Å². The fraction of sp³-hybridized carbons (Fsp3) is 0.188. The molecule has 1 N–H and O–H groups in total. The Labute approximate surface area is 126 Å². The van der Waals surface area contributed by atoms with Crippen molar-refractivity contribution in [3.8, 4) is 11.8 Å². The summed E-state index contributed by atoms with van der Waals surface area (Å²) in [5.74, 6) is 0.644. The van der Waals surface area contributed by atoms with Gasteiger partial charge in [-0.25, -0.2) is 0 Å². The summed E-state index contributed by atoms with van der Waals surface area (Å²) in [6.07, 6.45) is -0.604. The van der Waals surface area contributed by atoms with Gasteiger partial charge in [-0.15, -0.1) is 0 Å². The van der Waals surface area contributed by atoms with Crippen molar-refractivity contribution in [2.45, 2.75) is 19.6 Å². The summed E-state index contributed by atoms with van der Waals surface area (Å²) in [5, 5.41) is 18.6. The predicted octanol–water partition coefficient (Wildman–Crippen LogP) is 3.95. The Bertz CT molecular complexity index is 647. The fourth-order valence-electron chi connectivity index (χ4n) is 1.87. The van der Waals surface area contributed by atoms with Crippen LogP contribution in [0.25, 0.3) is 0 Å². The first-order valence-electron chi connectivity index (χ1n) is 6.19. The highest BCUT2D eigenvalue weighted by molar-refractivity contribution is 9.10. The van der Waals surface area contributed by atoms with Gasteiger partial charge in [-0.05, 0) is 42.8 Å². The van der Waals surface area contributed by atoms with E-state index < -0.39 is 6.10 Å². The molecule has 0 aromatic heterocycles. The number of hydrogen-bond acceptors (Lipinski definition) is 3. The second-order valence-corrected chi connectivity index (χ2v) is 5.37. The van der Waals surface area contributed by atoms with Gasteiger partial charge in [0.15, 0.2) is 0 Å². The van der Waals surface area contributed by atoms with Gasteiger partial charge in [0, 0.05) is 10.0 Å². The molecule has 0 spiro atoms. The summed E-state index contributed by atoms with van der Waals surface area (Å²) in [4.78, 5) is 0. The monoisotopic (exact) mass is 331 g/mol. The first kappa shape index (κ1) is 14.6. The summed E-state index contributed by atoms with van der Waals surface area (Å²) in [5.41, 5.74) is 2.26. The predicted molar refractivity (Wildman–Crippen MR) is 80.3 cm³/mol. The van der Waals surface area contributed by atoms with Gasteiger partial charge in [0.1, 0.15) is 12.4 Å². The fourth-order valence-corrected chi connectivity index (χ4v) is 2.25. The zero-order valence-corrected chi connectivity index (χ0v) is 12.6. The second-order valence-electron chi connectivity index (χ2n) is 4.46. The zero-order chi connectivity index (χ0) is 14.5. The van der Waals surface area contributed by atoms with Gasteiger partial charge in [0.05, 0.1) is 17.7 Å². The summed E-state index contributed by atoms with van der Waals surface area (Å²) in [6.45, 7) is 2.06. The number of rotatable bonds is 4. The van der Waals surface area contributed by atoms with E-state index in [0.29, 0.717) is 17.9 Å². The molecule has 3 nitrogen and oxygen atoms in total. The maximum Gasteiger partial charge on any atom is 0.125 e. The number of aliphatic hydroxyl groups is 1. The molecule has 20 heavy (non-hydrogen) atoms. The molecule has 2 aromatic rings. The molecule has 102 valence electrons. The molecule has 0 heterocycles. The first-order valence-corrected chi connectivity index (χ1v) is 6.99. The summed E-state index contributed by atoms with van der Waals surface area (Å²) >= 11 is 3.38. The maximum absolute atomic E-state index is 9.76. The van der Waals surface area contributed by atoms with E-state index in [9.17, 15) is 5.11 Å². The smallest absolute Gasteiger partial charge is 0.125 e. The molecule has 0 saturated heterocycles. The third-order valence-electron chi connectivity index (χ3n) is 2.87. The summed E-state index contributed by atoms with van der Waals surface area (Å²) in [6, 6.07) is 14.9. The lowest BCUT2D eigenvalue weighted by molar-refractivity contribution is 0.190. The topological polar surface area (TPSA) is 53.2 Å². The van der Waals surface area contributed by atoms with Crippen LogP contribution in [0.5, 0.6) is 5.75 Å². The van der Waals surface area contributed by atoms with Crippen LogP contribution >= 0.6 is 15.9 Å². The number of benzene rings is 2. The van der Waals surface area contributed by atoms with Gasteiger partial charge >= 0.3 is 0 Å². The Morgan fingerprint density at radius 3 is 2.80 bits per heavy atom. The number of ether oxygens (including phenoxy) is 1. The molecule has 1 unspecified atom stereocenters. The molecule has 0 bridgehead atoms. The molecule has 1 atom stereocenters. The van der Waals surface area contributed by atoms with Crippen LogP contribution in [0.1, 0.15) is 29.7 Å². The van der Waals surface area contributed by atoms with E-state index in [-0.39, 0.29) is 0 Å². The minimum absolute atomic E-state index is 0.358. The Morgan fingerprint density at radius 1 is 1.30 bits per heavy atom. The normalized spacial score (nSPS) is 11.7. The van der Waals surface area contributed by atoms with E-state index in [1.54, 1.807) is 19.1 Å². The van der Waals surface area contributed by atoms with Crippen molar-refractivity contribution < 1.29 is 9.84 Å². The van der Waals surface area contributed by atoms with Crippen LogP contribution < -0.4 is 4.74 Å². The van der Waals surface area contributed by atoms with Gasteiger partial charge < -0.3 is 9.84 Å². The lowest BCUT2D eigenvalue weighted by Gasteiger charge is -2.14. The summed E-state index contributed by atoms with van der Waals surface area (Å²) in [7, 11) is 0. The average Bonchev–Trinajstić information content (AvgIpc) is 2.46. The van der Waals surface area contributed by atoms with Crippen molar-refractivity contribution in [3.05, 3.63) is 63.6 Å². The molecule has 0 fully saturated rings. The van der Waals surface area contributed by atoms with Gasteiger partial charge in [0.2, 0.25) is 0 Å². The average molecular weight is 332 g/mol. The maximum atomic E-state index is 9.76. The Kier molecular flexibility index (Phi) is 4.78. The minimum Gasteiger partial charge on any atom is -0.489 e. The Hall–Kier alpha value is -1.83. The molecule has 2 rings (SSSR count). The Balaban J connectivity index is 2.16. The largest absolute Gasteiger partial charge is 0.489 e. The number of hydrogen-bond donors (Lipinski definition) is 1. The van der Waals surface area contributed by atoms with Crippen LogP contribution in [0.15, 0.2) is 46.9 Å². The summed E-state index contributed by atoms with van der Waals surface area (Å²) < 4.78 is 6.64. The molecule has 0 amide bonds. The number of nitriles is 1. The lowest BCUT2D eigenvalue weighted by Crippen LogP contribution is -2.01. The molecule has 0 saturated carbocycles. The standard InChI is InChI=1S/C16H14BrNO2/c1-11(19)15-8-14(17)5-6-16(15)20-10-13-4-2-3-12(7-13)9-18/h2-8,11,19H,10H2,1H3. The van der Waals surface area contributed by atoms with E-state index in [1.165, 1.54) is 0 Å². The molecule has 0 aliphatic carbocycles. The highest BCUT2D eigenvalue weighted by Gasteiger charge is 2.10. The quantitative estimate of drug-likeness (QED) is 0.922.